The summed E-state index contributed by atoms with van der Waals surface area (Å²) in [6.07, 6.45) is 1.53. The van der Waals surface area contributed by atoms with E-state index in [9.17, 15) is 4.79 Å². The second-order valence-electron chi connectivity index (χ2n) is 5.41. The molecule has 0 saturated heterocycles. The van der Waals surface area contributed by atoms with Crippen LogP contribution < -0.4 is 5.56 Å². The smallest absolute Gasteiger partial charge is 0.265 e. The highest BCUT2D eigenvalue weighted by Crippen LogP contribution is 2.18. The Morgan fingerprint density at radius 3 is 2.74 bits per heavy atom. The second-order valence-corrected chi connectivity index (χ2v) is 5.85. The van der Waals surface area contributed by atoms with E-state index in [2.05, 4.69) is 9.97 Å². The maximum Gasteiger partial charge on any atom is 0.265 e. The fourth-order valence-electron chi connectivity index (χ4n) is 2.64. The van der Waals surface area contributed by atoms with Crippen molar-refractivity contribution in [1.29, 1.82) is 0 Å². The number of aromatic nitrogens is 3. The lowest BCUT2D eigenvalue weighted by Gasteiger charge is -2.08. The van der Waals surface area contributed by atoms with E-state index < -0.39 is 0 Å². The van der Waals surface area contributed by atoms with E-state index in [1.54, 1.807) is 18.2 Å². The van der Waals surface area contributed by atoms with Crippen LogP contribution in [-0.4, -0.2) is 14.5 Å². The predicted octanol–water partition coefficient (Wildman–Crippen LogP) is 3.90. The molecule has 0 aliphatic heterocycles. The molecule has 4 rings (SSSR count). The molecule has 0 bridgehead atoms. The number of hydrogen-bond acceptors (Lipinski definition) is 3. The van der Waals surface area contributed by atoms with Crippen LogP contribution in [0.3, 0.4) is 0 Å². The van der Waals surface area contributed by atoms with Crippen LogP contribution in [0.5, 0.6) is 0 Å². The average Bonchev–Trinajstić information content (AvgIpc) is 2.54. The lowest BCUT2D eigenvalue weighted by Crippen LogP contribution is -2.18. The van der Waals surface area contributed by atoms with Crippen LogP contribution in [0.25, 0.3) is 27.5 Å². The van der Waals surface area contributed by atoms with Gasteiger partial charge in [-0.3, -0.25) is 14.3 Å². The van der Waals surface area contributed by atoms with Crippen molar-refractivity contribution in [1.82, 2.24) is 14.5 Å². The summed E-state index contributed by atoms with van der Waals surface area (Å²) in [4.78, 5) is 21.5. The third kappa shape index (κ3) is 2.37. The van der Waals surface area contributed by atoms with Gasteiger partial charge in [0.15, 0.2) is 0 Å². The summed E-state index contributed by atoms with van der Waals surface area (Å²) in [5.41, 5.74) is 3.11. The van der Waals surface area contributed by atoms with Crippen molar-refractivity contribution in [3.8, 4) is 5.69 Å². The summed E-state index contributed by atoms with van der Waals surface area (Å²) < 4.78 is 1.54. The first-order valence-electron chi connectivity index (χ1n) is 7.16. The van der Waals surface area contributed by atoms with Gasteiger partial charge in [-0.15, -0.1) is 0 Å². The van der Waals surface area contributed by atoms with Crippen molar-refractivity contribution < 1.29 is 0 Å². The molecule has 23 heavy (non-hydrogen) atoms. The minimum Gasteiger partial charge on any atom is -0.268 e. The normalized spacial score (nSPS) is 11.2. The molecule has 2 heterocycles. The van der Waals surface area contributed by atoms with Crippen molar-refractivity contribution >= 4 is 33.4 Å². The van der Waals surface area contributed by atoms with Gasteiger partial charge in [0, 0.05) is 16.1 Å². The first-order chi connectivity index (χ1) is 11.1. The third-order valence-electron chi connectivity index (χ3n) is 3.81. The Bertz CT molecular complexity index is 1120. The number of aryl methyl sites for hydroxylation is 1. The Morgan fingerprint density at radius 2 is 1.87 bits per heavy atom. The highest BCUT2D eigenvalue weighted by Gasteiger charge is 2.07. The van der Waals surface area contributed by atoms with E-state index in [4.69, 9.17) is 11.6 Å². The number of benzene rings is 2. The quantitative estimate of drug-likeness (QED) is 0.534. The van der Waals surface area contributed by atoms with E-state index in [-0.39, 0.29) is 5.56 Å². The molecule has 0 saturated carbocycles. The van der Waals surface area contributed by atoms with Crippen LogP contribution in [0.4, 0.5) is 0 Å². The van der Waals surface area contributed by atoms with Crippen LogP contribution in [0, 0.1) is 6.92 Å². The zero-order valence-electron chi connectivity index (χ0n) is 12.3. The Morgan fingerprint density at radius 1 is 1.00 bits per heavy atom. The Kier molecular flexibility index (Phi) is 3.13. The van der Waals surface area contributed by atoms with Gasteiger partial charge in [-0.25, -0.2) is 4.98 Å². The van der Waals surface area contributed by atoms with E-state index in [0.717, 1.165) is 22.3 Å². The topological polar surface area (TPSA) is 47.8 Å². The summed E-state index contributed by atoms with van der Waals surface area (Å²) in [5.74, 6) is 0. The second kappa shape index (κ2) is 5.18. The van der Waals surface area contributed by atoms with E-state index in [1.165, 1.54) is 10.9 Å². The SMILES string of the molecule is Cc1ccc2cc(-n3cnc4cc(Cl)ccc4c3=O)ccc2n1. The fraction of sp³-hybridized carbons (Fsp3) is 0.0556. The molecule has 0 aliphatic carbocycles. The summed E-state index contributed by atoms with van der Waals surface area (Å²) in [6, 6.07) is 14.8. The molecule has 0 atom stereocenters. The largest absolute Gasteiger partial charge is 0.268 e. The molecule has 0 unspecified atom stereocenters. The molecule has 0 spiro atoms. The molecule has 4 nitrogen and oxygen atoms in total. The molecule has 112 valence electrons. The number of rotatable bonds is 1. The van der Waals surface area contributed by atoms with Gasteiger partial charge in [0.1, 0.15) is 6.33 Å². The number of pyridine rings is 1. The standard InChI is InChI=1S/C18H12ClN3O/c1-11-2-3-12-8-14(5-7-16(12)21-11)22-10-20-17-9-13(19)4-6-15(17)18(22)23/h2-10H,1H3. The van der Waals surface area contributed by atoms with Crippen LogP contribution >= 0.6 is 11.6 Å². The Balaban J connectivity index is 1.95. The number of fused-ring (bicyclic) bond motifs is 2. The van der Waals surface area contributed by atoms with Crippen molar-refractivity contribution in [3.05, 3.63) is 75.9 Å². The lowest BCUT2D eigenvalue weighted by molar-refractivity contribution is 0.965. The number of halogens is 1. The van der Waals surface area contributed by atoms with Crippen LogP contribution in [-0.2, 0) is 0 Å². The van der Waals surface area contributed by atoms with Crippen LogP contribution in [0.1, 0.15) is 5.69 Å². The maximum absolute atomic E-state index is 12.7. The first kappa shape index (κ1) is 13.9. The van der Waals surface area contributed by atoms with Gasteiger partial charge in [0.05, 0.1) is 22.1 Å². The zero-order chi connectivity index (χ0) is 16.0. The fourth-order valence-corrected chi connectivity index (χ4v) is 2.81. The van der Waals surface area contributed by atoms with Gasteiger partial charge in [-0.05, 0) is 49.4 Å². The van der Waals surface area contributed by atoms with E-state index in [0.29, 0.717) is 15.9 Å². The van der Waals surface area contributed by atoms with Crippen molar-refractivity contribution in [2.45, 2.75) is 6.92 Å². The molecule has 0 fully saturated rings. The minimum absolute atomic E-state index is 0.119. The van der Waals surface area contributed by atoms with Crippen LogP contribution in [0.15, 0.2) is 59.7 Å². The van der Waals surface area contributed by atoms with Gasteiger partial charge in [0.25, 0.3) is 5.56 Å². The Hall–Kier alpha value is -2.72. The highest BCUT2D eigenvalue weighted by atomic mass is 35.5. The van der Waals surface area contributed by atoms with Gasteiger partial charge in [-0.1, -0.05) is 17.7 Å². The predicted molar refractivity (Wildman–Crippen MR) is 92.4 cm³/mol. The van der Waals surface area contributed by atoms with Crippen LogP contribution in [0.2, 0.25) is 5.02 Å². The highest BCUT2D eigenvalue weighted by molar-refractivity contribution is 6.31. The summed E-state index contributed by atoms with van der Waals surface area (Å²) in [6.45, 7) is 1.95. The molecule has 0 N–H and O–H groups in total. The molecule has 2 aromatic heterocycles. The van der Waals surface area contributed by atoms with Crippen molar-refractivity contribution in [2.75, 3.05) is 0 Å². The Labute approximate surface area is 137 Å². The van der Waals surface area contributed by atoms with Gasteiger partial charge >= 0.3 is 0 Å². The van der Waals surface area contributed by atoms with Gasteiger partial charge in [0.2, 0.25) is 0 Å². The first-order valence-corrected chi connectivity index (χ1v) is 7.54. The molecule has 0 aliphatic rings. The van der Waals surface area contributed by atoms with Crippen molar-refractivity contribution in [2.24, 2.45) is 0 Å². The van der Waals surface area contributed by atoms with Gasteiger partial charge in [-0.2, -0.15) is 0 Å². The molecule has 4 aromatic rings. The third-order valence-corrected chi connectivity index (χ3v) is 4.05. The van der Waals surface area contributed by atoms with Crippen molar-refractivity contribution in [3.63, 3.8) is 0 Å². The molecular formula is C18H12ClN3O. The number of nitrogens with zero attached hydrogens (tertiary/aromatic N) is 3. The summed E-state index contributed by atoms with van der Waals surface area (Å²) in [7, 11) is 0. The summed E-state index contributed by atoms with van der Waals surface area (Å²) >= 11 is 5.95. The molecule has 5 heteroatoms. The lowest BCUT2D eigenvalue weighted by atomic mass is 10.1. The zero-order valence-corrected chi connectivity index (χ0v) is 13.1. The monoisotopic (exact) mass is 321 g/mol. The minimum atomic E-state index is -0.119. The molecular weight excluding hydrogens is 310 g/mol. The average molecular weight is 322 g/mol. The van der Waals surface area contributed by atoms with E-state index in [1.807, 2.05) is 37.3 Å². The van der Waals surface area contributed by atoms with E-state index >= 15 is 0 Å². The summed E-state index contributed by atoms with van der Waals surface area (Å²) in [5, 5.41) is 2.09. The van der Waals surface area contributed by atoms with Gasteiger partial charge < -0.3 is 0 Å². The molecule has 0 radical (unpaired) electrons. The molecule has 0 amide bonds. The maximum atomic E-state index is 12.7. The number of hydrogen-bond donors (Lipinski definition) is 0. The molecule has 2 aromatic carbocycles.